The third-order valence-electron chi connectivity index (χ3n) is 6.14. The van der Waals surface area contributed by atoms with Crippen molar-refractivity contribution in [3.05, 3.63) is 70.8 Å². The van der Waals surface area contributed by atoms with Crippen molar-refractivity contribution in [3.63, 3.8) is 0 Å². The van der Waals surface area contributed by atoms with Crippen LogP contribution in [0.5, 0.6) is 0 Å². The largest absolute Gasteiger partial charge is 0.465 e. The van der Waals surface area contributed by atoms with Crippen LogP contribution in [0, 0.1) is 20.8 Å². The van der Waals surface area contributed by atoms with Crippen molar-refractivity contribution in [2.75, 3.05) is 38.0 Å². The zero-order chi connectivity index (χ0) is 24.8. The van der Waals surface area contributed by atoms with Gasteiger partial charge in [0.2, 0.25) is 0 Å². The van der Waals surface area contributed by atoms with Crippen LogP contribution in [0.2, 0.25) is 0 Å². The highest BCUT2D eigenvalue weighted by molar-refractivity contribution is 6.03. The molecule has 0 spiro atoms. The van der Waals surface area contributed by atoms with E-state index in [0.29, 0.717) is 18.2 Å². The van der Waals surface area contributed by atoms with Gasteiger partial charge in [0.25, 0.3) is 0 Å². The van der Waals surface area contributed by atoms with Crippen LogP contribution in [-0.4, -0.2) is 39.4 Å². The van der Waals surface area contributed by atoms with Gasteiger partial charge in [0.05, 0.1) is 19.3 Å². The number of hydrogen-bond donors (Lipinski definition) is 2. The van der Waals surface area contributed by atoms with E-state index in [9.17, 15) is 4.79 Å². The maximum absolute atomic E-state index is 13.0. The van der Waals surface area contributed by atoms with Crippen molar-refractivity contribution < 1.29 is 14.3 Å². The van der Waals surface area contributed by atoms with Crippen LogP contribution < -0.4 is 10.6 Å². The summed E-state index contributed by atoms with van der Waals surface area (Å²) in [6.45, 7) is 11.8. The first-order chi connectivity index (χ1) is 16.3. The van der Waals surface area contributed by atoms with Crippen molar-refractivity contribution in [1.82, 2.24) is 0 Å². The number of nitrogens with one attached hydrogen (secondary N) is 2. The molecule has 3 aromatic rings. The minimum atomic E-state index is -0.320. The highest BCUT2D eigenvalue weighted by atomic mass is 16.5. The Balaban J connectivity index is 2.11. The molecule has 34 heavy (non-hydrogen) atoms. The number of anilines is 2. The average Bonchev–Trinajstić information content (AvgIpc) is 2.82. The molecule has 0 bridgehead atoms. The smallest absolute Gasteiger partial charge is 0.338 e. The Kier molecular flexibility index (Phi) is 8.35. The molecule has 2 N–H and O–H groups in total. The average molecular weight is 461 g/mol. The molecule has 0 saturated heterocycles. The van der Waals surface area contributed by atoms with Crippen molar-refractivity contribution in [2.24, 2.45) is 0 Å². The van der Waals surface area contributed by atoms with Gasteiger partial charge in [-0.25, -0.2) is 4.79 Å². The third kappa shape index (κ3) is 5.42. The summed E-state index contributed by atoms with van der Waals surface area (Å²) in [5, 5.41) is 6.76. The van der Waals surface area contributed by atoms with Gasteiger partial charge in [-0.1, -0.05) is 24.3 Å². The van der Waals surface area contributed by atoms with Crippen molar-refractivity contribution >= 4 is 17.3 Å². The molecule has 5 heteroatoms. The van der Waals surface area contributed by atoms with Crippen LogP contribution >= 0.6 is 0 Å². The Bertz CT molecular complexity index is 1130. The van der Waals surface area contributed by atoms with Gasteiger partial charge in [0.15, 0.2) is 0 Å². The molecule has 0 aliphatic carbocycles. The first-order valence-corrected chi connectivity index (χ1v) is 11.7. The summed E-state index contributed by atoms with van der Waals surface area (Å²) in [6.07, 6.45) is 0. The summed E-state index contributed by atoms with van der Waals surface area (Å²) < 4.78 is 10.4. The molecule has 180 valence electrons. The standard InChI is InChI=1S/C29H36N2O3/c1-18(2)31-25-14-10-23(11-15-25)27-20(4)19(3)26(21(5)28(27)29(32)34-7)22-8-12-24(13-9-22)30-16-17-33-6/h8-15,18,30-31H,16-17H2,1-7H3. The minimum Gasteiger partial charge on any atom is -0.465 e. The molecule has 0 fully saturated rings. The first kappa shape index (κ1) is 25.3. The summed E-state index contributed by atoms with van der Waals surface area (Å²) >= 11 is 0. The van der Waals surface area contributed by atoms with Gasteiger partial charge < -0.3 is 20.1 Å². The van der Waals surface area contributed by atoms with Crippen LogP contribution in [0.3, 0.4) is 0 Å². The number of carbonyl (C=O) groups is 1. The fourth-order valence-electron chi connectivity index (χ4n) is 4.43. The van der Waals surface area contributed by atoms with Gasteiger partial charge in [0, 0.05) is 31.1 Å². The Hall–Kier alpha value is -3.31. The van der Waals surface area contributed by atoms with E-state index in [4.69, 9.17) is 9.47 Å². The van der Waals surface area contributed by atoms with Crippen LogP contribution in [-0.2, 0) is 9.47 Å². The Morgan fingerprint density at radius 2 is 1.32 bits per heavy atom. The second-order valence-electron chi connectivity index (χ2n) is 8.86. The number of esters is 1. The van der Waals surface area contributed by atoms with E-state index in [0.717, 1.165) is 56.9 Å². The first-order valence-electron chi connectivity index (χ1n) is 11.7. The quantitative estimate of drug-likeness (QED) is 0.278. The highest BCUT2D eigenvalue weighted by Crippen LogP contribution is 2.40. The van der Waals surface area contributed by atoms with E-state index in [2.05, 4.69) is 86.9 Å². The van der Waals surface area contributed by atoms with E-state index in [1.807, 2.05) is 6.92 Å². The molecule has 0 unspecified atom stereocenters. The molecule has 0 radical (unpaired) electrons. The summed E-state index contributed by atoms with van der Waals surface area (Å²) in [4.78, 5) is 13.0. The summed E-state index contributed by atoms with van der Waals surface area (Å²) in [5.74, 6) is -0.320. The van der Waals surface area contributed by atoms with Crippen molar-refractivity contribution in [2.45, 2.75) is 40.7 Å². The molecule has 0 saturated carbocycles. The molecular weight excluding hydrogens is 424 g/mol. The van der Waals surface area contributed by atoms with Crippen LogP contribution in [0.4, 0.5) is 11.4 Å². The monoisotopic (exact) mass is 460 g/mol. The van der Waals surface area contributed by atoms with Gasteiger partial charge in [0.1, 0.15) is 0 Å². The van der Waals surface area contributed by atoms with Crippen LogP contribution in [0.15, 0.2) is 48.5 Å². The lowest BCUT2D eigenvalue weighted by Gasteiger charge is -2.22. The summed E-state index contributed by atoms with van der Waals surface area (Å²) in [5.41, 5.74) is 9.95. The molecule has 3 rings (SSSR count). The van der Waals surface area contributed by atoms with Gasteiger partial charge in [-0.15, -0.1) is 0 Å². The third-order valence-corrected chi connectivity index (χ3v) is 6.14. The fourth-order valence-corrected chi connectivity index (χ4v) is 4.43. The second-order valence-corrected chi connectivity index (χ2v) is 8.86. The summed E-state index contributed by atoms with van der Waals surface area (Å²) in [6, 6.07) is 16.9. The number of rotatable bonds is 9. The maximum Gasteiger partial charge on any atom is 0.338 e. The molecule has 0 amide bonds. The lowest BCUT2D eigenvalue weighted by Crippen LogP contribution is -2.11. The topological polar surface area (TPSA) is 59.6 Å². The lowest BCUT2D eigenvalue weighted by molar-refractivity contribution is 0.0600. The Morgan fingerprint density at radius 1 is 0.794 bits per heavy atom. The molecule has 0 heterocycles. The molecule has 0 aliphatic heterocycles. The predicted octanol–water partition coefficient (Wildman–Crippen LogP) is 6.61. The van der Waals surface area contributed by atoms with Crippen molar-refractivity contribution in [3.8, 4) is 22.3 Å². The number of carbonyl (C=O) groups excluding carboxylic acids is 1. The highest BCUT2D eigenvalue weighted by Gasteiger charge is 2.24. The molecule has 3 aromatic carbocycles. The molecule has 0 atom stereocenters. The zero-order valence-corrected chi connectivity index (χ0v) is 21.3. The zero-order valence-electron chi connectivity index (χ0n) is 21.3. The second kappa shape index (κ2) is 11.2. The molecule has 0 aromatic heterocycles. The molecular formula is C29H36N2O3. The Morgan fingerprint density at radius 3 is 1.85 bits per heavy atom. The number of methoxy groups -OCH3 is 2. The lowest BCUT2D eigenvalue weighted by atomic mass is 9.82. The SMILES string of the molecule is COCCNc1ccc(-c2c(C)c(C)c(-c3ccc(NC(C)C)cc3)c(C(=O)OC)c2C)cc1. The van der Waals surface area contributed by atoms with Crippen LogP contribution in [0.1, 0.15) is 40.9 Å². The van der Waals surface area contributed by atoms with Gasteiger partial charge in [-0.05, 0) is 97.8 Å². The number of ether oxygens (including phenoxy) is 2. The predicted molar refractivity (Wildman–Crippen MR) is 142 cm³/mol. The summed E-state index contributed by atoms with van der Waals surface area (Å²) in [7, 11) is 3.13. The number of benzene rings is 3. The maximum atomic E-state index is 13.0. The van der Waals surface area contributed by atoms with Gasteiger partial charge in [-0.3, -0.25) is 0 Å². The van der Waals surface area contributed by atoms with E-state index in [1.54, 1.807) is 7.11 Å². The number of hydrogen-bond acceptors (Lipinski definition) is 5. The van der Waals surface area contributed by atoms with Gasteiger partial charge in [-0.2, -0.15) is 0 Å². The van der Waals surface area contributed by atoms with E-state index in [1.165, 1.54) is 7.11 Å². The normalized spacial score (nSPS) is 10.9. The molecule has 0 aliphatic rings. The minimum absolute atomic E-state index is 0.320. The van der Waals surface area contributed by atoms with E-state index in [-0.39, 0.29) is 5.97 Å². The molecule has 5 nitrogen and oxygen atoms in total. The van der Waals surface area contributed by atoms with E-state index >= 15 is 0 Å². The van der Waals surface area contributed by atoms with Gasteiger partial charge >= 0.3 is 5.97 Å². The Labute approximate surface area is 203 Å². The van der Waals surface area contributed by atoms with Crippen molar-refractivity contribution in [1.29, 1.82) is 0 Å². The van der Waals surface area contributed by atoms with Crippen LogP contribution in [0.25, 0.3) is 22.3 Å². The fraction of sp³-hybridized carbons (Fsp3) is 0.345. The van der Waals surface area contributed by atoms with E-state index < -0.39 is 0 Å².